The molecule has 0 aliphatic rings. The number of carboxylic acids is 1. The maximum atomic E-state index is 10.1. The number of thiocarbonyl (C=S) groups is 1. The van der Waals surface area contributed by atoms with E-state index in [1.165, 1.54) is 11.8 Å². The van der Waals surface area contributed by atoms with Gasteiger partial charge in [0, 0.05) is 5.75 Å². The van der Waals surface area contributed by atoms with Gasteiger partial charge in [-0.15, -0.1) is 0 Å². The van der Waals surface area contributed by atoms with E-state index in [-0.39, 0.29) is 6.42 Å². The van der Waals surface area contributed by atoms with Crippen LogP contribution in [0.3, 0.4) is 0 Å². The van der Waals surface area contributed by atoms with Gasteiger partial charge in [-0.2, -0.15) is 0 Å². The van der Waals surface area contributed by atoms with Crippen LogP contribution < -0.4 is 0 Å². The van der Waals surface area contributed by atoms with Gasteiger partial charge in [0.25, 0.3) is 0 Å². The van der Waals surface area contributed by atoms with E-state index >= 15 is 0 Å². The fourth-order valence-electron chi connectivity index (χ4n) is 0.449. The highest BCUT2D eigenvalue weighted by molar-refractivity contribution is 8.22. The van der Waals surface area contributed by atoms with E-state index in [0.717, 1.165) is 6.42 Å². The van der Waals surface area contributed by atoms with E-state index in [2.05, 4.69) is 0 Å². The maximum Gasteiger partial charge on any atom is 0.304 e. The number of rotatable bonds is 5. The molecule has 0 aromatic carbocycles. The lowest BCUT2D eigenvalue weighted by Gasteiger charge is -2.03. The second-order valence-corrected chi connectivity index (χ2v) is 3.79. The lowest BCUT2D eigenvalue weighted by atomic mass is 10.5. The van der Waals surface area contributed by atoms with Crippen LogP contribution in [0.2, 0.25) is 0 Å². The van der Waals surface area contributed by atoms with Crippen LogP contribution in [0.25, 0.3) is 0 Å². The summed E-state index contributed by atoms with van der Waals surface area (Å²) in [5, 5.41) is 8.31. The molecule has 3 nitrogen and oxygen atoms in total. The van der Waals surface area contributed by atoms with Crippen molar-refractivity contribution in [2.75, 3.05) is 12.4 Å². The van der Waals surface area contributed by atoms with E-state index in [4.69, 9.17) is 22.1 Å². The summed E-state index contributed by atoms with van der Waals surface area (Å²) in [6, 6.07) is 0. The van der Waals surface area contributed by atoms with Gasteiger partial charge in [0.2, 0.25) is 4.38 Å². The van der Waals surface area contributed by atoms with Crippen molar-refractivity contribution in [1.82, 2.24) is 0 Å². The summed E-state index contributed by atoms with van der Waals surface area (Å²) in [5.41, 5.74) is 0. The van der Waals surface area contributed by atoms with Crippen LogP contribution in [0.1, 0.15) is 19.8 Å². The van der Waals surface area contributed by atoms with Gasteiger partial charge >= 0.3 is 5.97 Å². The molecule has 0 aliphatic heterocycles. The Kier molecular flexibility index (Phi) is 7.19. The zero-order chi connectivity index (χ0) is 9.40. The zero-order valence-electron chi connectivity index (χ0n) is 6.91. The molecule has 0 fully saturated rings. The quantitative estimate of drug-likeness (QED) is 0.699. The molecule has 0 radical (unpaired) electrons. The average Bonchev–Trinajstić information content (AvgIpc) is 2.00. The van der Waals surface area contributed by atoms with Crippen molar-refractivity contribution in [2.45, 2.75) is 19.8 Å². The second-order valence-electron chi connectivity index (χ2n) is 2.09. The van der Waals surface area contributed by atoms with Crippen LogP contribution >= 0.6 is 24.0 Å². The summed E-state index contributed by atoms with van der Waals surface area (Å²) < 4.78 is 5.52. The molecule has 0 saturated carbocycles. The Hall–Kier alpha value is -0.290. The van der Waals surface area contributed by atoms with E-state index < -0.39 is 5.97 Å². The third kappa shape index (κ3) is 7.81. The SMILES string of the molecule is CCCOC(=S)SCCC(=O)O. The second kappa shape index (κ2) is 7.36. The topological polar surface area (TPSA) is 46.5 Å². The predicted molar refractivity (Wildman–Crippen MR) is 53.6 cm³/mol. The minimum Gasteiger partial charge on any atom is -0.481 e. The van der Waals surface area contributed by atoms with Crippen molar-refractivity contribution in [3.05, 3.63) is 0 Å². The lowest BCUT2D eigenvalue weighted by molar-refractivity contribution is -0.136. The van der Waals surface area contributed by atoms with Crippen LogP contribution in [-0.4, -0.2) is 27.8 Å². The summed E-state index contributed by atoms with van der Waals surface area (Å²) in [7, 11) is 0. The molecule has 12 heavy (non-hydrogen) atoms. The number of thioether (sulfide) groups is 1. The van der Waals surface area contributed by atoms with Crippen molar-refractivity contribution in [1.29, 1.82) is 0 Å². The molecule has 0 atom stereocenters. The highest BCUT2D eigenvalue weighted by atomic mass is 32.2. The number of hydrogen-bond donors (Lipinski definition) is 1. The fraction of sp³-hybridized carbons (Fsp3) is 0.714. The first-order valence-corrected chi connectivity index (χ1v) is 5.07. The number of carbonyl (C=O) groups is 1. The Bertz CT molecular complexity index is 159. The third-order valence-corrected chi connectivity index (χ3v) is 2.19. The van der Waals surface area contributed by atoms with Crippen LogP contribution in [0.15, 0.2) is 0 Å². The number of aliphatic carboxylic acids is 1. The van der Waals surface area contributed by atoms with Crippen LogP contribution in [-0.2, 0) is 9.53 Å². The van der Waals surface area contributed by atoms with Crippen molar-refractivity contribution in [2.24, 2.45) is 0 Å². The molecule has 0 aromatic heterocycles. The molecule has 0 aromatic rings. The first-order valence-electron chi connectivity index (χ1n) is 3.68. The Morgan fingerprint density at radius 3 is 2.83 bits per heavy atom. The highest BCUT2D eigenvalue weighted by Gasteiger charge is 2.00. The van der Waals surface area contributed by atoms with E-state index in [0.29, 0.717) is 16.7 Å². The summed E-state index contributed by atoms with van der Waals surface area (Å²) in [5.74, 6) is -0.321. The lowest BCUT2D eigenvalue weighted by Crippen LogP contribution is -2.02. The minimum absolute atomic E-state index is 0.125. The Labute approximate surface area is 81.5 Å². The van der Waals surface area contributed by atoms with Gasteiger partial charge in [-0.1, -0.05) is 18.7 Å². The van der Waals surface area contributed by atoms with Gasteiger partial charge in [0.05, 0.1) is 13.0 Å². The number of ether oxygens (including phenoxy) is 1. The molecule has 0 unspecified atom stereocenters. The fourth-order valence-corrected chi connectivity index (χ4v) is 1.39. The smallest absolute Gasteiger partial charge is 0.304 e. The molecular weight excluding hydrogens is 196 g/mol. The Balaban J connectivity index is 3.25. The third-order valence-electron chi connectivity index (χ3n) is 0.960. The standard InChI is InChI=1S/C7H12O3S2/c1-2-4-10-7(11)12-5-3-6(8)9/h2-5H2,1H3,(H,8,9). The van der Waals surface area contributed by atoms with Gasteiger partial charge in [-0.05, 0) is 18.6 Å². The molecule has 0 bridgehead atoms. The molecule has 0 aliphatic carbocycles. The average molecular weight is 208 g/mol. The van der Waals surface area contributed by atoms with Gasteiger partial charge in [-0.3, -0.25) is 4.79 Å². The van der Waals surface area contributed by atoms with Crippen molar-refractivity contribution in [3.63, 3.8) is 0 Å². The summed E-state index contributed by atoms with van der Waals surface area (Å²) in [6.07, 6.45) is 1.04. The Morgan fingerprint density at radius 1 is 1.67 bits per heavy atom. The minimum atomic E-state index is -0.805. The predicted octanol–water partition coefficient (Wildman–Crippen LogP) is 1.91. The maximum absolute atomic E-state index is 10.1. The summed E-state index contributed by atoms with van der Waals surface area (Å²) in [6.45, 7) is 2.60. The molecule has 0 amide bonds. The normalized spacial score (nSPS) is 9.42. The molecule has 0 spiro atoms. The van der Waals surface area contributed by atoms with Crippen molar-refractivity contribution < 1.29 is 14.6 Å². The van der Waals surface area contributed by atoms with Crippen LogP contribution in [0.5, 0.6) is 0 Å². The highest BCUT2D eigenvalue weighted by Crippen LogP contribution is 2.07. The first-order chi connectivity index (χ1) is 5.66. The summed E-state index contributed by atoms with van der Waals surface area (Å²) >= 11 is 6.09. The van der Waals surface area contributed by atoms with Gasteiger partial charge < -0.3 is 9.84 Å². The van der Waals surface area contributed by atoms with E-state index in [1.54, 1.807) is 0 Å². The zero-order valence-corrected chi connectivity index (χ0v) is 8.54. The number of carboxylic acid groups (broad SMARTS) is 1. The largest absolute Gasteiger partial charge is 0.481 e. The van der Waals surface area contributed by atoms with Gasteiger partial charge in [-0.25, -0.2) is 0 Å². The molecule has 5 heteroatoms. The molecular formula is C7H12O3S2. The van der Waals surface area contributed by atoms with E-state index in [1.807, 2.05) is 6.92 Å². The van der Waals surface area contributed by atoms with E-state index in [9.17, 15) is 4.79 Å². The van der Waals surface area contributed by atoms with Crippen LogP contribution in [0, 0.1) is 0 Å². The Morgan fingerprint density at radius 2 is 2.33 bits per heavy atom. The molecule has 0 rings (SSSR count). The van der Waals surface area contributed by atoms with Gasteiger partial charge in [0.15, 0.2) is 0 Å². The number of hydrogen-bond acceptors (Lipinski definition) is 4. The molecule has 1 N–H and O–H groups in total. The van der Waals surface area contributed by atoms with Crippen LogP contribution in [0.4, 0.5) is 0 Å². The van der Waals surface area contributed by atoms with Gasteiger partial charge in [0.1, 0.15) is 0 Å². The monoisotopic (exact) mass is 208 g/mol. The molecule has 0 heterocycles. The van der Waals surface area contributed by atoms with Crippen molar-refractivity contribution >= 4 is 34.3 Å². The first kappa shape index (κ1) is 11.7. The summed E-state index contributed by atoms with van der Waals surface area (Å²) in [4.78, 5) is 10.1. The molecule has 0 saturated heterocycles. The molecule has 70 valence electrons. The van der Waals surface area contributed by atoms with Crippen molar-refractivity contribution in [3.8, 4) is 0 Å².